The molecular weight excluding hydrogens is 270 g/mol. The molecule has 0 spiro atoms. The van der Waals surface area contributed by atoms with Crippen LogP contribution >= 0.6 is 0 Å². The average Bonchev–Trinajstić information content (AvgIpc) is 3.12. The van der Waals surface area contributed by atoms with Crippen LogP contribution in [0, 0.1) is 16.0 Å². The van der Waals surface area contributed by atoms with Gasteiger partial charge in [-0.2, -0.15) is 0 Å². The molecule has 104 valence electrons. The lowest BCUT2D eigenvalue weighted by molar-refractivity contribution is -0.386. The fraction of sp³-hybridized carbons (Fsp3) is 0.455. The van der Waals surface area contributed by atoms with Crippen LogP contribution in [0.4, 0.5) is 11.4 Å². The number of rotatable bonds is 6. The van der Waals surface area contributed by atoms with Gasteiger partial charge in [0.1, 0.15) is 5.69 Å². The zero-order valence-corrected chi connectivity index (χ0v) is 11.0. The lowest BCUT2D eigenvalue weighted by atomic mass is 10.3. The number of nitro groups is 1. The van der Waals surface area contributed by atoms with Crippen LogP contribution in [0.2, 0.25) is 0 Å². The molecule has 0 unspecified atom stereocenters. The van der Waals surface area contributed by atoms with E-state index in [1.165, 1.54) is 18.2 Å². The predicted molar refractivity (Wildman–Crippen MR) is 70.0 cm³/mol. The summed E-state index contributed by atoms with van der Waals surface area (Å²) in [7, 11) is -3.90. The van der Waals surface area contributed by atoms with Gasteiger partial charge in [-0.3, -0.25) is 10.1 Å². The van der Waals surface area contributed by atoms with E-state index in [1.807, 2.05) is 0 Å². The van der Waals surface area contributed by atoms with E-state index in [1.54, 1.807) is 0 Å². The van der Waals surface area contributed by atoms with Gasteiger partial charge < -0.3 is 5.73 Å². The average molecular weight is 285 g/mol. The Kier molecular flexibility index (Phi) is 3.72. The third-order valence-corrected chi connectivity index (χ3v) is 4.54. The number of sulfonamides is 1. The monoisotopic (exact) mass is 285 g/mol. The zero-order chi connectivity index (χ0) is 14.0. The van der Waals surface area contributed by atoms with Gasteiger partial charge in [0.2, 0.25) is 10.0 Å². The molecule has 0 heterocycles. The number of hydrogen-bond acceptors (Lipinski definition) is 5. The maximum atomic E-state index is 12.0. The number of nitro benzene ring substituents is 1. The Bertz CT molecular complexity index is 596. The number of benzene rings is 1. The molecule has 1 aliphatic carbocycles. The van der Waals surface area contributed by atoms with E-state index in [4.69, 9.17) is 5.73 Å². The first-order valence-electron chi connectivity index (χ1n) is 5.94. The molecule has 0 amide bonds. The maximum Gasteiger partial charge on any atom is 0.312 e. The number of nitrogens with one attached hydrogen (secondary N) is 1. The number of anilines is 1. The van der Waals surface area contributed by atoms with Gasteiger partial charge in [0, 0.05) is 6.54 Å². The standard InChI is InChI=1S/C11H15N3O4S/c12-9-2-1-3-10(11(9)14(15)16)19(17,18)13-7-6-8-4-5-8/h1-3,8,13H,4-7,12H2. The van der Waals surface area contributed by atoms with Crippen molar-refractivity contribution in [3.8, 4) is 0 Å². The second-order valence-corrected chi connectivity index (χ2v) is 6.32. The van der Waals surface area contributed by atoms with Crippen molar-refractivity contribution in [1.29, 1.82) is 0 Å². The van der Waals surface area contributed by atoms with E-state index in [0.717, 1.165) is 19.3 Å². The van der Waals surface area contributed by atoms with Gasteiger partial charge in [-0.15, -0.1) is 0 Å². The first kappa shape index (κ1) is 13.8. The van der Waals surface area contributed by atoms with Gasteiger partial charge in [0.15, 0.2) is 4.90 Å². The van der Waals surface area contributed by atoms with Gasteiger partial charge in [-0.25, -0.2) is 13.1 Å². The molecule has 0 aliphatic heterocycles. The van der Waals surface area contributed by atoms with E-state index in [0.29, 0.717) is 12.5 Å². The highest BCUT2D eigenvalue weighted by atomic mass is 32.2. The van der Waals surface area contributed by atoms with Crippen molar-refractivity contribution in [2.24, 2.45) is 5.92 Å². The summed E-state index contributed by atoms with van der Waals surface area (Å²) in [6.07, 6.45) is 3.01. The molecular formula is C11H15N3O4S. The summed E-state index contributed by atoms with van der Waals surface area (Å²) in [5.74, 6) is 0.582. The minimum absolute atomic E-state index is 0.157. The van der Waals surface area contributed by atoms with Crippen molar-refractivity contribution in [1.82, 2.24) is 4.72 Å². The molecule has 1 aromatic rings. The highest BCUT2D eigenvalue weighted by Crippen LogP contribution is 2.32. The first-order chi connectivity index (χ1) is 8.92. The van der Waals surface area contributed by atoms with Gasteiger partial charge in [0.25, 0.3) is 0 Å². The van der Waals surface area contributed by atoms with Gasteiger partial charge >= 0.3 is 5.69 Å². The van der Waals surface area contributed by atoms with Crippen molar-refractivity contribution in [3.05, 3.63) is 28.3 Å². The van der Waals surface area contributed by atoms with Crippen LogP contribution in [-0.4, -0.2) is 19.9 Å². The Morgan fingerprint density at radius 3 is 2.68 bits per heavy atom. The quantitative estimate of drug-likeness (QED) is 0.463. The molecule has 2 rings (SSSR count). The molecule has 0 bridgehead atoms. The van der Waals surface area contributed by atoms with E-state index in [9.17, 15) is 18.5 Å². The van der Waals surface area contributed by atoms with Crippen LogP contribution in [0.5, 0.6) is 0 Å². The number of nitrogens with zero attached hydrogens (tertiary/aromatic N) is 1. The highest BCUT2D eigenvalue weighted by Gasteiger charge is 2.28. The fourth-order valence-electron chi connectivity index (χ4n) is 1.83. The van der Waals surface area contributed by atoms with Gasteiger partial charge in [-0.1, -0.05) is 18.9 Å². The molecule has 0 atom stereocenters. The van der Waals surface area contributed by atoms with Crippen molar-refractivity contribution in [2.45, 2.75) is 24.2 Å². The molecule has 19 heavy (non-hydrogen) atoms. The normalized spacial score (nSPS) is 15.4. The number of nitrogens with two attached hydrogens (primary N) is 1. The Morgan fingerprint density at radius 2 is 2.11 bits per heavy atom. The first-order valence-corrected chi connectivity index (χ1v) is 7.42. The highest BCUT2D eigenvalue weighted by molar-refractivity contribution is 7.89. The molecule has 0 saturated heterocycles. The Morgan fingerprint density at radius 1 is 1.42 bits per heavy atom. The third-order valence-electron chi connectivity index (χ3n) is 3.04. The molecule has 0 radical (unpaired) electrons. The molecule has 1 aliphatic rings. The Balaban J connectivity index is 2.23. The summed E-state index contributed by atoms with van der Waals surface area (Å²) in [6, 6.07) is 3.88. The lowest BCUT2D eigenvalue weighted by Crippen LogP contribution is -2.26. The molecule has 3 N–H and O–H groups in total. The van der Waals surface area contributed by atoms with Crippen molar-refractivity contribution >= 4 is 21.4 Å². The second kappa shape index (κ2) is 5.14. The maximum absolute atomic E-state index is 12.0. The number of nitrogen functional groups attached to an aromatic ring is 1. The van der Waals surface area contributed by atoms with Crippen LogP contribution < -0.4 is 10.5 Å². The smallest absolute Gasteiger partial charge is 0.312 e. The topological polar surface area (TPSA) is 115 Å². The summed E-state index contributed by atoms with van der Waals surface area (Å²) in [5.41, 5.74) is 4.75. The molecule has 7 nitrogen and oxygen atoms in total. The molecule has 0 aromatic heterocycles. The number of para-hydroxylation sites is 1. The van der Waals surface area contributed by atoms with Crippen LogP contribution in [0.15, 0.2) is 23.1 Å². The van der Waals surface area contributed by atoms with Crippen molar-refractivity contribution in [2.75, 3.05) is 12.3 Å². The Hall–Kier alpha value is -1.67. The lowest BCUT2D eigenvalue weighted by Gasteiger charge is -2.08. The Labute approximate surface area is 111 Å². The van der Waals surface area contributed by atoms with Gasteiger partial charge in [0.05, 0.1) is 4.92 Å². The molecule has 8 heteroatoms. The summed E-state index contributed by atoms with van der Waals surface area (Å²) in [4.78, 5) is 9.76. The predicted octanol–water partition coefficient (Wildman–Crippen LogP) is 1.26. The van der Waals surface area contributed by atoms with Gasteiger partial charge in [-0.05, 0) is 24.5 Å². The van der Waals surface area contributed by atoms with Crippen molar-refractivity contribution < 1.29 is 13.3 Å². The number of hydrogen-bond donors (Lipinski definition) is 2. The van der Waals surface area contributed by atoms with E-state index in [2.05, 4.69) is 4.72 Å². The minimum atomic E-state index is -3.90. The second-order valence-electron chi connectivity index (χ2n) is 4.58. The van der Waals surface area contributed by atoms with Crippen molar-refractivity contribution in [3.63, 3.8) is 0 Å². The fourth-order valence-corrected chi connectivity index (χ4v) is 3.08. The SMILES string of the molecule is Nc1cccc(S(=O)(=O)NCCC2CC2)c1[N+](=O)[O-]. The summed E-state index contributed by atoms with van der Waals surface area (Å²) < 4.78 is 26.5. The van der Waals surface area contributed by atoms with Crippen LogP contribution in [0.3, 0.4) is 0 Å². The van der Waals surface area contributed by atoms with E-state index >= 15 is 0 Å². The minimum Gasteiger partial charge on any atom is -0.393 e. The summed E-state index contributed by atoms with van der Waals surface area (Å²) in [6.45, 7) is 0.291. The molecule has 1 fully saturated rings. The summed E-state index contributed by atoms with van der Waals surface area (Å²) in [5, 5.41) is 10.9. The van der Waals surface area contributed by atoms with E-state index < -0.39 is 20.6 Å². The molecule has 1 aromatic carbocycles. The largest absolute Gasteiger partial charge is 0.393 e. The third kappa shape index (κ3) is 3.21. The summed E-state index contributed by atoms with van der Waals surface area (Å²) >= 11 is 0. The van der Waals surface area contributed by atoms with Crippen LogP contribution in [0.25, 0.3) is 0 Å². The van der Waals surface area contributed by atoms with E-state index in [-0.39, 0.29) is 10.6 Å². The van der Waals surface area contributed by atoms with Crippen LogP contribution in [-0.2, 0) is 10.0 Å². The van der Waals surface area contributed by atoms with Crippen LogP contribution in [0.1, 0.15) is 19.3 Å². The zero-order valence-electron chi connectivity index (χ0n) is 10.2. The molecule has 1 saturated carbocycles.